The van der Waals surface area contributed by atoms with Crippen molar-refractivity contribution in [3.63, 3.8) is 0 Å². The molecule has 2 aromatic rings. The fraction of sp³-hybridized carbons (Fsp3) is 0.235. The molecule has 0 fully saturated rings. The lowest BCUT2D eigenvalue weighted by Crippen LogP contribution is -2.28. The molecular weight excluding hydrogens is 299 g/mol. The maximum atomic E-state index is 13.3. The molecule has 0 saturated carbocycles. The second kappa shape index (κ2) is 7.22. The summed E-state index contributed by atoms with van der Waals surface area (Å²) < 4.78 is 18.4. The molecule has 0 radical (unpaired) electrons. The molecule has 0 spiro atoms. The Bertz CT molecular complexity index is 688. The van der Waals surface area contributed by atoms with Gasteiger partial charge in [-0.15, -0.1) is 0 Å². The van der Waals surface area contributed by atoms with E-state index >= 15 is 0 Å². The third-order valence-electron chi connectivity index (χ3n) is 3.43. The van der Waals surface area contributed by atoms with Gasteiger partial charge >= 0.3 is 0 Å². The van der Waals surface area contributed by atoms with Crippen molar-refractivity contribution in [1.82, 2.24) is 5.32 Å². The Morgan fingerprint density at radius 2 is 1.91 bits per heavy atom. The van der Waals surface area contributed by atoms with Crippen LogP contribution in [-0.4, -0.2) is 12.2 Å². The predicted molar refractivity (Wildman–Crippen MR) is 91.9 cm³/mol. The molecule has 2 rings (SSSR count). The highest BCUT2D eigenvalue weighted by Crippen LogP contribution is 2.21. The first-order valence-corrected chi connectivity index (χ1v) is 7.35. The molecule has 0 aromatic heterocycles. The van der Waals surface area contributed by atoms with E-state index in [1.807, 2.05) is 32.0 Å². The van der Waals surface area contributed by atoms with Gasteiger partial charge in [0.1, 0.15) is 11.6 Å². The highest BCUT2D eigenvalue weighted by Gasteiger charge is 2.05. The van der Waals surface area contributed by atoms with Gasteiger partial charge in [-0.05, 0) is 73.1 Å². The average Bonchev–Trinajstić information content (AvgIpc) is 2.50. The lowest BCUT2D eigenvalue weighted by Gasteiger charge is -2.14. The van der Waals surface area contributed by atoms with Gasteiger partial charge in [0.25, 0.3) is 0 Å². The molecule has 0 heterocycles. The normalized spacial score (nSPS) is 10.2. The summed E-state index contributed by atoms with van der Waals surface area (Å²) in [6.45, 7) is 4.40. The van der Waals surface area contributed by atoms with Crippen LogP contribution in [0.3, 0.4) is 0 Å². The molecule has 5 heteroatoms. The maximum Gasteiger partial charge on any atom is 0.171 e. The summed E-state index contributed by atoms with van der Waals surface area (Å²) in [7, 11) is 1.63. The van der Waals surface area contributed by atoms with Gasteiger partial charge < -0.3 is 15.4 Å². The molecule has 0 aliphatic heterocycles. The van der Waals surface area contributed by atoms with Crippen molar-refractivity contribution in [2.45, 2.75) is 20.4 Å². The van der Waals surface area contributed by atoms with E-state index < -0.39 is 0 Å². The van der Waals surface area contributed by atoms with E-state index in [4.69, 9.17) is 17.0 Å². The number of rotatable bonds is 4. The first-order chi connectivity index (χ1) is 10.5. The minimum absolute atomic E-state index is 0.243. The Labute approximate surface area is 135 Å². The number of thiocarbonyl (C=S) groups is 1. The van der Waals surface area contributed by atoms with Gasteiger partial charge in [0.05, 0.1) is 7.11 Å². The number of hydrogen-bond acceptors (Lipinski definition) is 2. The minimum atomic E-state index is -0.243. The first kappa shape index (κ1) is 16.2. The van der Waals surface area contributed by atoms with E-state index in [9.17, 15) is 4.39 Å². The van der Waals surface area contributed by atoms with Crippen LogP contribution in [0.2, 0.25) is 0 Å². The number of anilines is 1. The van der Waals surface area contributed by atoms with Crippen LogP contribution < -0.4 is 15.4 Å². The second-order valence-corrected chi connectivity index (χ2v) is 5.47. The molecule has 0 aliphatic rings. The van der Waals surface area contributed by atoms with Crippen molar-refractivity contribution in [1.29, 1.82) is 0 Å². The van der Waals surface area contributed by atoms with Gasteiger partial charge in [-0.2, -0.15) is 0 Å². The van der Waals surface area contributed by atoms with Crippen molar-refractivity contribution in [2.24, 2.45) is 0 Å². The summed E-state index contributed by atoms with van der Waals surface area (Å²) >= 11 is 5.28. The van der Waals surface area contributed by atoms with Crippen molar-refractivity contribution in [3.05, 3.63) is 58.9 Å². The predicted octanol–water partition coefficient (Wildman–Crippen LogP) is 3.94. The maximum absolute atomic E-state index is 13.3. The zero-order chi connectivity index (χ0) is 16.1. The monoisotopic (exact) mass is 318 g/mol. The molecule has 0 saturated heterocycles. The molecule has 2 N–H and O–H groups in total. The number of benzene rings is 2. The fourth-order valence-corrected chi connectivity index (χ4v) is 2.26. The van der Waals surface area contributed by atoms with Gasteiger partial charge in [0.15, 0.2) is 5.11 Å². The zero-order valence-electron chi connectivity index (χ0n) is 12.9. The van der Waals surface area contributed by atoms with Gasteiger partial charge in [-0.3, -0.25) is 0 Å². The van der Waals surface area contributed by atoms with E-state index in [-0.39, 0.29) is 5.82 Å². The summed E-state index contributed by atoms with van der Waals surface area (Å²) in [5.74, 6) is 0.560. The van der Waals surface area contributed by atoms with Crippen molar-refractivity contribution in [3.8, 4) is 5.75 Å². The summed E-state index contributed by atoms with van der Waals surface area (Å²) in [4.78, 5) is 0. The number of aryl methyl sites for hydroxylation is 2. The molecule has 116 valence electrons. The highest BCUT2D eigenvalue weighted by molar-refractivity contribution is 7.80. The van der Waals surface area contributed by atoms with Crippen LogP contribution in [0.15, 0.2) is 36.4 Å². The summed E-state index contributed by atoms with van der Waals surface area (Å²) in [6, 6.07) is 10.4. The van der Waals surface area contributed by atoms with Crippen LogP contribution in [-0.2, 0) is 6.54 Å². The first-order valence-electron chi connectivity index (χ1n) is 6.94. The van der Waals surface area contributed by atoms with E-state index in [1.54, 1.807) is 13.2 Å². The molecule has 22 heavy (non-hydrogen) atoms. The largest absolute Gasteiger partial charge is 0.497 e. The number of nitrogens with one attached hydrogen (secondary N) is 2. The van der Waals surface area contributed by atoms with Crippen LogP contribution in [0.5, 0.6) is 5.75 Å². The SMILES string of the molecule is COc1ccc(NC(=S)NCc2cc(F)ccc2C)c(C)c1. The number of methoxy groups -OCH3 is 1. The number of ether oxygens (including phenoxy) is 1. The second-order valence-electron chi connectivity index (χ2n) is 5.06. The molecule has 0 aliphatic carbocycles. The fourth-order valence-electron chi connectivity index (χ4n) is 2.08. The Hall–Kier alpha value is -2.14. The average molecular weight is 318 g/mol. The minimum Gasteiger partial charge on any atom is -0.497 e. The van der Waals surface area contributed by atoms with Crippen LogP contribution >= 0.6 is 12.2 Å². The van der Waals surface area contributed by atoms with E-state index in [2.05, 4.69) is 10.6 Å². The van der Waals surface area contributed by atoms with Gasteiger partial charge in [0, 0.05) is 12.2 Å². The number of halogens is 1. The molecule has 2 aromatic carbocycles. The van der Waals surface area contributed by atoms with E-state index in [0.29, 0.717) is 11.7 Å². The highest BCUT2D eigenvalue weighted by atomic mass is 32.1. The van der Waals surface area contributed by atoms with Crippen LogP contribution in [0.4, 0.5) is 10.1 Å². The summed E-state index contributed by atoms with van der Waals surface area (Å²) in [5, 5.41) is 6.73. The molecule has 0 unspecified atom stereocenters. The van der Waals surface area contributed by atoms with Gasteiger partial charge in [-0.25, -0.2) is 4.39 Å². The van der Waals surface area contributed by atoms with Crippen molar-refractivity contribution >= 4 is 23.0 Å². The van der Waals surface area contributed by atoms with Crippen molar-refractivity contribution < 1.29 is 9.13 Å². The Morgan fingerprint density at radius 1 is 1.14 bits per heavy atom. The Morgan fingerprint density at radius 3 is 2.59 bits per heavy atom. The standard InChI is InChI=1S/C17H19FN2OS/c1-11-4-5-14(18)9-13(11)10-19-17(22)20-16-7-6-15(21-3)8-12(16)2/h4-9H,10H2,1-3H3,(H2,19,20,22). The lowest BCUT2D eigenvalue weighted by molar-refractivity contribution is 0.414. The Balaban J connectivity index is 1.97. The van der Waals surface area contributed by atoms with E-state index in [0.717, 1.165) is 28.1 Å². The molecule has 3 nitrogen and oxygen atoms in total. The quantitative estimate of drug-likeness (QED) is 0.837. The Kier molecular flexibility index (Phi) is 5.33. The third kappa shape index (κ3) is 4.18. The van der Waals surface area contributed by atoms with Gasteiger partial charge in [-0.1, -0.05) is 6.07 Å². The zero-order valence-corrected chi connectivity index (χ0v) is 13.7. The van der Waals surface area contributed by atoms with Crippen LogP contribution in [0.25, 0.3) is 0 Å². The van der Waals surface area contributed by atoms with Crippen LogP contribution in [0, 0.1) is 19.7 Å². The smallest absolute Gasteiger partial charge is 0.171 e. The topological polar surface area (TPSA) is 33.3 Å². The van der Waals surface area contributed by atoms with Gasteiger partial charge in [0.2, 0.25) is 0 Å². The number of hydrogen-bond donors (Lipinski definition) is 2. The molecule has 0 bridgehead atoms. The summed E-state index contributed by atoms with van der Waals surface area (Å²) in [5.41, 5.74) is 3.85. The van der Waals surface area contributed by atoms with Crippen LogP contribution in [0.1, 0.15) is 16.7 Å². The van der Waals surface area contributed by atoms with Crippen molar-refractivity contribution in [2.75, 3.05) is 12.4 Å². The van der Waals surface area contributed by atoms with E-state index in [1.165, 1.54) is 12.1 Å². The lowest BCUT2D eigenvalue weighted by atomic mass is 10.1. The molecular formula is C17H19FN2OS. The molecule has 0 atom stereocenters. The molecule has 0 amide bonds. The third-order valence-corrected chi connectivity index (χ3v) is 3.68. The summed E-state index contributed by atoms with van der Waals surface area (Å²) in [6.07, 6.45) is 0.